The summed E-state index contributed by atoms with van der Waals surface area (Å²) in [7, 11) is 0. The van der Waals surface area contributed by atoms with Crippen LogP contribution in [0.25, 0.3) is 11.0 Å². The van der Waals surface area contributed by atoms with Gasteiger partial charge in [-0.15, -0.1) is 11.8 Å². The van der Waals surface area contributed by atoms with Gasteiger partial charge in [0.15, 0.2) is 6.10 Å². The van der Waals surface area contributed by atoms with Crippen LogP contribution >= 0.6 is 11.8 Å². The van der Waals surface area contributed by atoms with Gasteiger partial charge in [0.25, 0.3) is 5.91 Å². The number of nitrogens with zero attached hydrogens (tertiary/aromatic N) is 2. The van der Waals surface area contributed by atoms with Crippen molar-refractivity contribution in [2.45, 2.75) is 62.9 Å². The molecule has 1 saturated heterocycles. The molecule has 6 nitrogen and oxygen atoms in total. The van der Waals surface area contributed by atoms with Crippen LogP contribution in [-0.2, 0) is 17.7 Å². The van der Waals surface area contributed by atoms with Crippen molar-refractivity contribution in [3.05, 3.63) is 59.4 Å². The largest absolute Gasteiger partial charge is 0.414 e. The Kier molecular flexibility index (Phi) is 8.82. The first-order chi connectivity index (χ1) is 17.7. The molecule has 10 heteroatoms. The van der Waals surface area contributed by atoms with Crippen LogP contribution in [0, 0.1) is 5.92 Å². The summed E-state index contributed by atoms with van der Waals surface area (Å²) in [4.78, 5) is 18.9. The Morgan fingerprint density at radius 1 is 1.22 bits per heavy atom. The molecule has 0 bridgehead atoms. The third kappa shape index (κ3) is 6.48. The number of thioether (sulfide) groups is 1. The topological polar surface area (TPSA) is 76.4 Å². The molecule has 200 valence electrons. The first-order valence-corrected chi connectivity index (χ1v) is 13.5. The monoisotopic (exact) mass is 535 g/mol. The predicted octanol–water partition coefficient (Wildman–Crippen LogP) is 5.53. The number of carbonyl (C=O) groups excluding carboxylic acids is 1. The van der Waals surface area contributed by atoms with Gasteiger partial charge in [-0.1, -0.05) is 19.1 Å². The molecule has 0 aliphatic carbocycles. The summed E-state index contributed by atoms with van der Waals surface area (Å²) in [5, 5.41) is 12.8. The van der Waals surface area contributed by atoms with Crippen molar-refractivity contribution in [2.75, 3.05) is 19.0 Å². The van der Waals surface area contributed by atoms with E-state index in [1.165, 1.54) is 0 Å². The molecule has 0 saturated carbocycles. The van der Waals surface area contributed by atoms with Gasteiger partial charge < -0.3 is 19.7 Å². The van der Waals surface area contributed by atoms with E-state index >= 15 is 0 Å². The summed E-state index contributed by atoms with van der Waals surface area (Å²) in [6, 6.07) is 12.5. The summed E-state index contributed by atoms with van der Waals surface area (Å²) in [6.07, 6.45) is -5.13. The molecule has 0 spiro atoms. The van der Waals surface area contributed by atoms with Crippen LogP contribution in [-0.4, -0.2) is 51.8 Å². The van der Waals surface area contributed by atoms with E-state index in [2.05, 4.69) is 12.2 Å². The number of aromatic nitrogens is 2. The number of carbonyl (C=O) groups is 1. The van der Waals surface area contributed by atoms with E-state index in [1.54, 1.807) is 23.9 Å². The van der Waals surface area contributed by atoms with Crippen LogP contribution < -0.4 is 5.32 Å². The number of ether oxygens (including phenoxy) is 1. The second-order valence-corrected chi connectivity index (χ2v) is 10.5. The smallest absolute Gasteiger partial charge is 0.394 e. The fourth-order valence-corrected chi connectivity index (χ4v) is 5.41. The summed E-state index contributed by atoms with van der Waals surface area (Å²) in [5.74, 6) is 1.37. The van der Waals surface area contributed by atoms with Crippen LogP contribution in [0.2, 0.25) is 0 Å². The number of hydrogen-bond acceptors (Lipinski definition) is 5. The Balaban J connectivity index is 1.47. The number of nitrogens with one attached hydrogen (secondary N) is 1. The summed E-state index contributed by atoms with van der Waals surface area (Å²) in [6.45, 7) is 4.52. The zero-order valence-electron chi connectivity index (χ0n) is 20.9. The zero-order chi connectivity index (χ0) is 26.6. The maximum absolute atomic E-state index is 13.0. The van der Waals surface area contributed by atoms with Crippen LogP contribution in [0.1, 0.15) is 54.5 Å². The number of halogens is 3. The molecule has 37 heavy (non-hydrogen) atoms. The van der Waals surface area contributed by atoms with E-state index in [4.69, 9.17) is 9.72 Å². The molecule has 3 atom stereocenters. The molecule has 1 aromatic heterocycles. The first kappa shape index (κ1) is 27.5. The molecule has 1 amide bonds. The molecule has 1 aliphatic heterocycles. The molecular weight excluding hydrogens is 503 g/mol. The highest BCUT2D eigenvalue weighted by atomic mass is 32.2. The van der Waals surface area contributed by atoms with Crippen molar-refractivity contribution in [1.29, 1.82) is 0 Å². The predicted molar refractivity (Wildman–Crippen MR) is 138 cm³/mol. The number of benzene rings is 2. The lowest BCUT2D eigenvalue weighted by atomic mass is 9.95. The second-order valence-electron chi connectivity index (χ2n) is 9.20. The fraction of sp³-hybridized carbons (Fsp3) is 0.481. The van der Waals surface area contributed by atoms with E-state index in [-0.39, 0.29) is 31.5 Å². The SMILES string of the molecule is CCSc1ccc(C(CO)NC(=O)c2ccc3c(c2)nc(C[C@@H]2CCC(C(F)(F)F)OC2)n3CC)cc1. The number of hydrogen-bond donors (Lipinski definition) is 2. The standard InChI is InChI=1S/C27H32F3N3O3S/c1-3-33-23-11-8-19(26(35)32-22(15-34)18-6-9-20(10-7-18)37-4-2)14-21(23)31-25(33)13-17-5-12-24(36-16-17)27(28,29)30/h6-11,14,17,22,24,34H,3-5,12-13,15-16H2,1-2H3,(H,32,35)/t17-,22?,24?/m0/s1. The Morgan fingerprint density at radius 2 is 1.97 bits per heavy atom. The van der Waals surface area contributed by atoms with Gasteiger partial charge in [0.1, 0.15) is 5.82 Å². The third-order valence-corrected chi connectivity index (χ3v) is 7.59. The van der Waals surface area contributed by atoms with E-state index in [0.29, 0.717) is 30.5 Å². The molecule has 0 radical (unpaired) electrons. The van der Waals surface area contributed by atoms with Gasteiger partial charge in [0.05, 0.1) is 30.3 Å². The molecular formula is C27H32F3N3O3S. The molecule has 2 aromatic carbocycles. The highest BCUT2D eigenvalue weighted by molar-refractivity contribution is 7.99. The van der Waals surface area contributed by atoms with Crippen molar-refractivity contribution in [3.8, 4) is 0 Å². The highest BCUT2D eigenvalue weighted by Crippen LogP contribution is 2.33. The minimum atomic E-state index is -4.33. The molecule has 2 unspecified atom stereocenters. The number of imidazole rings is 1. The summed E-state index contributed by atoms with van der Waals surface area (Å²) in [5.41, 5.74) is 2.75. The summed E-state index contributed by atoms with van der Waals surface area (Å²) >= 11 is 1.72. The third-order valence-electron chi connectivity index (χ3n) is 6.69. The van der Waals surface area contributed by atoms with Gasteiger partial charge in [-0.05, 0) is 67.3 Å². The van der Waals surface area contributed by atoms with Crippen molar-refractivity contribution in [1.82, 2.24) is 14.9 Å². The normalized spacial score (nSPS) is 19.2. The molecule has 2 N–H and O–H groups in total. The molecule has 3 aromatic rings. The first-order valence-electron chi connectivity index (χ1n) is 12.5. The number of amides is 1. The van der Waals surface area contributed by atoms with Crippen LogP contribution in [0.4, 0.5) is 13.2 Å². The average molecular weight is 536 g/mol. The lowest BCUT2D eigenvalue weighted by Gasteiger charge is -2.30. The summed E-state index contributed by atoms with van der Waals surface area (Å²) < 4.78 is 45.8. The highest BCUT2D eigenvalue weighted by Gasteiger charge is 2.43. The number of aliphatic hydroxyl groups excluding tert-OH is 1. The Bertz CT molecular complexity index is 1210. The van der Waals surface area contributed by atoms with Crippen LogP contribution in [0.5, 0.6) is 0 Å². The van der Waals surface area contributed by atoms with Gasteiger partial charge in [-0.2, -0.15) is 13.2 Å². The van der Waals surface area contributed by atoms with Crippen LogP contribution in [0.3, 0.4) is 0 Å². The second kappa shape index (κ2) is 11.9. The van der Waals surface area contributed by atoms with Crippen molar-refractivity contribution < 1.29 is 27.8 Å². The van der Waals surface area contributed by atoms with Gasteiger partial charge in [0.2, 0.25) is 0 Å². The lowest BCUT2D eigenvalue weighted by molar-refractivity contribution is -0.235. The number of fused-ring (bicyclic) bond motifs is 1. The van der Waals surface area contributed by atoms with E-state index in [9.17, 15) is 23.1 Å². The van der Waals surface area contributed by atoms with Gasteiger partial charge in [-0.3, -0.25) is 4.79 Å². The van der Waals surface area contributed by atoms with Crippen molar-refractivity contribution in [3.63, 3.8) is 0 Å². The maximum Gasteiger partial charge on any atom is 0.414 e. The van der Waals surface area contributed by atoms with Crippen molar-refractivity contribution in [2.24, 2.45) is 5.92 Å². The minimum Gasteiger partial charge on any atom is -0.394 e. The maximum atomic E-state index is 13.0. The molecule has 1 aliphatic rings. The molecule has 2 heterocycles. The number of rotatable bonds is 9. The Labute approximate surface area is 218 Å². The molecule has 4 rings (SSSR count). The zero-order valence-corrected chi connectivity index (χ0v) is 21.7. The van der Waals surface area contributed by atoms with Crippen molar-refractivity contribution >= 4 is 28.7 Å². The van der Waals surface area contributed by atoms with Crippen LogP contribution in [0.15, 0.2) is 47.4 Å². The minimum absolute atomic E-state index is 0.0446. The quantitative estimate of drug-likeness (QED) is 0.353. The molecule has 1 fully saturated rings. The average Bonchev–Trinajstić information content (AvgIpc) is 3.23. The number of aliphatic hydroxyl groups is 1. The Hall–Kier alpha value is -2.56. The number of alkyl halides is 3. The lowest BCUT2D eigenvalue weighted by Crippen LogP contribution is -2.38. The van der Waals surface area contributed by atoms with Gasteiger partial charge in [0, 0.05) is 23.4 Å². The van der Waals surface area contributed by atoms with Gasteiger partial charge >= 0.3 is 6.18 Å². The number of aryl methyl sites for hydroxylation is 1. The van der Waals surface area contributed by atoms with E-state index in [0.717, 1.165) is 27.6 Å². The van der Waals surface area contributed by atoms with Gasteiger partial charge in [-0.25, -0.2) is 4.98 Å². The van der Waals surface area contributed by atoms with E-state index < -0.39 is 18.3 Å². The fourth-order valence-electron chi connectivity index (χ4n) is 4.75. The Morgan fingerprint density at radius 3 is 2.57 bits per heavy atom. The van der Waals surface area contributed by atoms with E-state index in [1.807, 2.05) is 41.8 Å².